The zero-order chi connectivity index (χ0) is 28.3. The molecule has 0 spiro atoms. The number of carbonyl (C=O) groups is 1. The first kappa shape index (κ1) is 28.1. The van der Waals surface area contributed by atoms with Gasteiger partial charge in [-0.05, 0) is 36.1 Å². The summed E-state index contributed by atoms with van der Waals surface area (Å²) in [4.78, 5) is 13.1. The van der Waals surface area contributed by atoms with Gasteiger partial charge in [-0.2, -0.15) is 5.10 Å². The second-order valence-electron chi connectivity index (χ2n) is 11.2. The lowest BCUT2D eigenvalue weighted by Crippen LogP contribution is -2.36. The third-order valence-electron chi connectivity index (χ3n) is 6.85. The van der Waals surface area contributed by atoms with E-state index in [0.717, 1.165) is 16.8 Å². The molecule has 1 unspecified atom stereocenters. The lowest BCUT2D eigenvalue weighted by atomic mass is 9.85. The lowest BCUT2D eigenvalue weighted by molar-refractivity contribution is 0.171. The number of nitrogens with zero attached hydrogens (tertiary/aromatic N) is 3. The number of aliphatic hydroxyl groups is 1. The molecule has 3 aromatic rings. The number of pyridine rings is 1. The van der Waals surface area contributed by atoms with Crippen molar-refractivity contribution in [1.29, 1.82) is 10.8 Å². The van der Waals surface area contributed by atoms with Crippen molar-refractivity contribution in [3.8, 4) is 5.75 Å². The van der Waals surface area contributed by atoms with Crippen molar-refractivity contribution >= 4 is 17.7 Å². The van der Waals surface area contributed by atoms with Gasteiger partial charge >= 0.3 is 6.03 Å². The topological polar surface area (TPSA) is 141 Å². The second-order valence-corrected chi connectivity index (χ2v) is 11.2. The van der Waals surface area contributed by atoms with Crippen LogP contribution < -0.4 is 20.9 Å². The standard InChI is InChI=1S/C29H39N7O3/c1-18(2)27(31)35-17-19(10-13-25(35)30)39-23-12-11-22(20-8-6-7-9-21(20)23)32-28(38)33-26-16-24(29(3,4)5)34-36(26)14-15-37/h6-10,13,16-18,22-23,30-31,37H,11-12,14-15H2,1-5H3,(H2,32,33,38)/t22?,23-/m1/s1. The maximum Gasteiger partial charge on any atom is 0.320 e. The summed E-state index contributed by atoms with van der Waals surface area (Å²) >= 11 is 0. The zero-order valence-corrected chi connectivity index (χ0v) is 23.3. The number of ether oxygens (including phenoxy) is 1. The molecular weight excluding hydrogens is 494 g/mol. The highest BCUT2D eigenvalue weighted by Gasteiger charge is 2.30. The van der Waals surface area contributed by atoms with Crippen LogP contribution in [0.2, 0.25) is 0 Å². The van der Waals surface area contributed by atoms with Crippen LogP contribution in [0.25, 0.3) is 0 Å². The zero-order valence-electron chi connectivity index (χ0n) is 23.3. The number of hydrogen-bond donors (Lipinski definition) is 5. The van der Waals surface area contributed by atoms with Crippen LogP contribution in [0.3, 0.4) is 0 Å². The first-order valence-corrected chi connectivity index (χ1v) is 13.4. The lowest BCUT2D eigenvalue weighted by Gasteiger charge is -2.32. The highest BCUT2D eigenvalue weighted by Crippen LogP contribution is 2.38. The molecule has 2 aromatic heterocycles. The minimum absolute atomic E-state index is 0.0231. The van der Waals surface area contributed by atoms with Crippen LogP contribution in [0.1, 0.15) is 76.4 Å². The predicted octanol–water partition coefficient (Wildman–Crippen LogP) is 4.71. The van der Waals surface area contributed by atoms with E-state index in [2.05, 4.69) is 36.5 Å². The molecule has 1 aliphatic rings. The van der Waals surface area contributed by atoms with Gasteiger partial charge < -0.3 is 15.2 Å². The van der Waals surface area contributed by atoms with Crippen molar-refractivity contribution < 1.29 is 14.6 Å². The molecule has 208 valence electrons. The van der Waals surface area contributed by atoms with Crippen molar-refractivity contribution in [3.63, 3.8) is 0 Å². The highest BCUT2D eigenvalue weighted by molar-refractivity contribution is 5.88. The third-order valence-corrected chi connectivity index (χ3v) is 6.85. The molecule has 0 saturated carbocycles. The van der Waals surface area contributed by atoms with E-state index in [1.54, 1.807) is 23.0 Å². The Hall–Kier alpha value is -3.92. The van der Waals surface area contributed by atoms with Gasteiger partial charge in [-0.25, -0.2) is 9.48 Å². The van der Waals surface area contributed by atoms with Gasteiger partial charge in [0.1, 0.15) is 29.0 Å². The first-order chi connectivity index (χ1) is 18.5. The van der Waals surface area contributed by atoms with Crippen LogP contribution in [0.4, 0.5) is 10.6 Å². The molecule has 0 radical (unpaired) electrons. The molecule has 0 bridgehead atoms. The molecule has 4 rings (SSSR count). The SMILES string of the molecule is CC(C)C(=N)n1cc(O[C@@H]2CCC(NC(=O)Nc3cc(C(C)(C)C)nn3CCO)c3ccccc32)ccc1=N. The molecule has 10 heteroatoms. The Labute approximate surface area is 229 Å². The summed E-state index contributed by atoms with van der Waals surface area (Å²) in [6.07, 6.45) is 2.84. The van der Waals surface area contributed by atoms with Gasteiger partial charge in [0.15, 0.2) is 0 Å². The fourth-order valence-electron chi connectivity index (χ4n) is 4.68. The van der Waals surface area contributed by atoms with Crippen LogP contribution in [0, 0.1) is 16.7 Å². The summed E-state index contributed by atoms with van der Waals surface area (Å²) in [7, 11) is 0. The summed E-state index contributed by atoms with van der Waals surface area (Å²) in [5, 5.41) is 36.5. The van der Waals surface area contributed by atoms with E-state index in [0.29, 0.717) is 30.2 Å². The number of nitrogens with one attached hydrogen (secondary N) is 4. The van der Waals surface area contributed by atoms with Gasteiger partial charge in [0.2, 0.25) is 0 Å². The Kier molecular flexibility index (Phi) is 8.25. The Morgan fingerprint density at radius 2 is 1.90 bits per heavy atom. The largest absolute Gasteiger partial charge is 0.484 e. The molecular formula is C29H39N7O3. The molecule has 5 N–H and O–H groups in total. The van der Waals surface area contributed by atoms with Crippen molar-refractivity contribution in [3.05, 3.63) is 71.0 Å². The first-order valence-electron chi connectivity index (χ1n) is 13.4. The monoisotopic (exact) mass is 533 g/mol. The van der Waals surface area contributed by atoms with E-state index in [9.17, 15) is 9.90 Å². The summed E-state index contributed by atoms with van der Waals surface area (Å²) in [5.74, 6) is 1.44. The number of anilines is 1. The third kappa shape index (κ3) is 6.39. The van der Waals surface area contributed by atoms with Crippen LogP contribution in [-0.4, -0.2) is 37.9 Å². The quantitative estimate of drug-likeness (QED) is 0.221. The van der Waals surface area contributed by atoms with Crippen molar-refractivity contribution in [1.82, 2.24) is 19.7 Å². The van der Waals surface area contributed by atoms with Crippen LogP contribution in [-0.2, 0) is 12.0 Å². The van der Waals surface area contributed by atoms with Gasteiger partial charge in [-0.15, -0.1) is 0 Å². The maximum absolute atomic E-state index is 13.1. The van der Waals surface area contributed by atoms with Gasteiger partial charge in [-0.1, -0.05) is 58.9 Å². The summed E-state index contributed by atoms with van der Waals surface area (Å²) in [6.45, 7) is 10.2. The van der Waals surface area contributed by atoms with Gasteiger partial charge in [0.05, 0.1) is 31.1 Å². The van der Waals surface area contributed by atoms with Crippen molar-refractivity contribution in [2.45, 2.75) is 71.6 Å². The normalized spacial score (nSPS) is 17.0. The fourth-order valence-corrected chi connectivity index (χ4v) is 4.68. The van der Waals surface area contributed by atoms with E-state index < -0.39 is 0 Å². The Bertz CT molecular complexity index is 1400. The number of fused-ring (bicyclic) bond motifs is 1. The molecule has 2 atom stereocenters. The molecule has 1 aromatic carbocycles. The summed E-state index contributed by atoms with van der Waals surface area (Å²) < 4.78 is 9.52. The number of amides is 2. The minimum Gasteiger partial charge on any atom is -0.484 e. The fraction of sp³-hybridized carbons (Fsp3) is 0.448. The summed E-state index contributed by atoms with van der Waals surface area (Å²) in [6, 6.07) is 12.6. The Morgan fingerprint density at radius 1 is 1.18 bits per heavy atom. The number of aromatic nitrogens is 3. The van der Waals surface area contributed by atoms with E-state index in [4.69, 9.17) is 15.6 Å². The van der Waals surface area contributed by atoms with Crippen molar-refractivity contribution in [2.75, 3.05) is 11.9 Å². The Morgan fingerprint density at radius 3 is 2.56 bits per heavy atom. The van der Waals surface area contributed by atoms with Crippen LogP contribution in [0.15, 0.2) is 48.7 Å². The minimum atomic E-state index is -0.340. The van der Waals surface area contributed by atoms with E-state index in [-0.39, 0.29) is 48.1 Å². The predicted molar refractivity (Wildman–Crippen MR) is 150 cm³/mol. The number of benzene rings is 1. The maximum atomic E-state index is 13.1. The number of rotatable bonds is 7. The van der Waals surface area contributed by atoms with E-state index >= 15 is 0 Å². The number of urea groups is 1. The molecule has 1 aliphatic carbocycles. The highest BCUT2D eigenvalue weighted by atomic mass is 16.5. The summed E-state index contributed by atoms with van der Waals surface area (Å²) in [5.41, 5.74) is 2.85. The van der Waals surface area contributed by atoms with Crippen LogP contribution in [0.5, 0.6) is 5.75 Å². The molecule has 0 saturated heterocycles. The molecule has 0 fully saturated rings. The molecule has 10 nitrogen and oxygen atoms in total. The average Bonchev–Trinajstić information content (AvgIpc) is 3.29. The van der Waals surface area contributed by atoms with Gasteiger partial charge in [0.25, 0.3) is 0 Å². The second kappa shape index (κ2) is 11.4. The van der Waals surface area contributed by atoms with Gasteiger partial charge in [-0.3, -0.25) is 20.7 Å². The molecule has 0 aliphatic heterocycles. The van der Waals surface area contributed by atoms with Crippen molar-refractivity contribution in [2.24, 2.45) is 5.92 Å². The molecule has 39 heavy (non-hydrogen) atoms. The number of aliphatic hydroxyl groups excluding tert-OH is 1. The average molecular weight is 534 g/mol. The molecule has 2 amide bonds. The Balaban J connectivity index is 1.50. The van der Waals surface area contributed by atoms with Gasteiger partial charge in [0, 0.05) is 17.4 Å². The molecule has 2 heterocycles. The number of carbonyl (C=O) groups excluding carboxylic acids is 1. The smallest absolute Gasteiger partial charge is 0.320 e. The van der Waals surface area contributed by atoms with E-state index in [1.165, 1.54) is 4.57 Å². The van der Waals surface area contributed by atoms with Crippen LogP contribution >= 0.6 is 0 Å². The number of hydrogen-bond acceptors (Lipinski definition) is 6. The van der Waals surface area contributed by atoms with E-state index in [1.807, 2.05) is 44.2 Å².